The van der Waals surface area contributed by atoms with E-state index in [4.69, 9.17) is 21.2 Å². The van der Waals surface area contributed by atoms with Crippen LogP contribution in [0.25, 0.3) is 10.4 Å². The van der Waals surface area contributed by atoms with Crippen LogP contribution < -0.4 is 11.1 Å². The summed E-state index contributed by atoms with van der Waals surface area (Å²) in [7, 11) is -4.89. The Balaban J connectivity index is 2.88. The summed E-state index contributed by atoms with van der Waals surface area (Å²) in [5, 5.41) is 13.1. The number of amidine groups is 1. The molecule has 0 saturated carbocycles. The molecule has 13 nitrogen and oxygen atoms in total. The number of hydrogen-bond donors (Lipinski definition) is 4. The molecule has 1 saturated heterocycles. The Morgan fingerprint density at radius 1 is 1.62 bits per heavy atom. The van der Waals surface area contributed by atoms with Crippen molar-refractivity contribution in [3.05, 3.63) is 22.7 Å². The summed E-state index contributed by atoms with van der Waals surface area (Å²) in [6.45, 7) is 4.73. The van der Waals surface area contributed by atoms with E-state index in [-0.39, 0.29) is 15.2 Å². The zero-order valence-corrected chi connectivity index (χ0v) is 15.1. The normalized spacial score (nSPS) is 20.0. The first kappa shape index (κ1) is 21.4. The summed E-state index contributed by atoms with van der Waals surface area (Å²) in [5.74, 6) is -1.58. The van der Waals surface area contributed by atoms with Gasteiger partial charge in [0.25, 0.3) is 11.8 Å². The Hall–Kier alpha value is -2.61. The zero-order chi connectivity index (χ0) is 20.1. The average molecular weight is 404 g/mol. The quantitative estimate of drug-likeness (QED) is 0.0782. The fraction of sp³-hybridized carbons (Fsp3) is 0.455. The first-order valence-electron chi connectivity index (χ1n) is 6.91. The summed E-state index contributed by atoms with van der Waals surface area (Å²) in [5.41, 5.74) is 12.9. The van der Waals surface area contributed by atoms with Crippen LogP contribution in [0.15, 0.2) is 22.4 Å². The third kappa shape index (κ3) is 4.95. The van der Waals surface area contributed by atoms with Crippen molar-refractivity contribution in [2.75, 3.05) is 12.3 Å². The maximum Gasteiger partial charge on any atom is 0.362 e. The van der Waals surface area contributed by atoms with Gasteiger partial charge in [0.05, 0.1) is 18.3 Å². The average Bonchev–Trinajstić information content (AvgIpc) is 2.53. The highest BCUT2D eigenvalue weighted by Crippen LogP contribution is 2.24. The maximum absolute atomic E-state index is 12.0. The lowest BCUT2D eigenvalue weighted by atomic mass is 9.98. The number of azide groups is 1. The van der Waals surface area contributed by atoms with E-state index in [2.05, 4.69) is 26.9 Å². The van der Waals surface area contributed by atoms with E-state index >= 15 is 0 Å². The molecule has 1 rings (SSSR count). The highest BCUT2D eigenvalue weighted by atomic mass is 32.2. The first-order chi connectivity index (χ1) is 12.0. The number of nitrogens with two attached hydrogens (primary N) is 1. The third-order valence-corrected chi connectivity index (χ3v) is 4.71. The van der Waals surface area contributed by atoms with E-state index in [1.165, 1.54) is 11.8 Å². The van der Waals surface area contributed by atoms with Crippen molar-refractivity contribution < 1.29 is 22.6 Å². The lowest BCUT2D eigenvalue weighted by Gasteiger charge is -2.43. The number of β-lactam (4-membered cyclic amide) rings is 1. The zero-order valence-electron chi connectivity index (χ0n) is 13.5. The molecule has 2 unspecified atom stereocenters. The molecular weight excluding hydrogens is 388 g/mol. The fourth-order valence-corrected chi connectivity index (χ4v) is 3.32. The Bertz CT molecular complexity index is 816. The van der Waals surface area contributed by atoms with Crippen molar-refractivity contribution >= 4 is 44.8 Å². The van der Waals surface area contributed by atoms with Gasteiger partial charge in [-0.05, 0) is 11.3 Å². The number of nitrogens with zero attached hydrogens (tertiary/aromatic N) is 5. The number of hydrogen-bond acceptors (Lipinski definition) is 8. The number of nitrogens with one attached hydrogen (secondary N) is 2. The van der Waals surface area contributed by atoms with Gasteiger partial charge >= 0.3 is 10.3 Å². The summed E-state index contributed by atoms with van der Waals surface area (Å²) in [6, 6.07) is -2.72. The Morgan fingerprint density at radius 2 is 2.23 bits per heavy atom. The minimum absolute atomic E-state index is 0.0824. The topological polar surface area (TPSA) is 215 Å². The van der Waals surface area contributed by atoms with Crippen LogP contribution in [0.5, 0.6) is 0 Å². The number of rotatable bonds is 8. The van der Waals surface area contributed by atoms with Gasteiger partial charge in [0, 0.05) is 4.91 Å². The predicted octanol–water partition coefficient (Wildman–Crippen LogP) is -0.604. The number of thioether (sulfide) groups is 1. The lowest BCUT2D eigenvalue weighted by Crippen LogP contribution is -2.73. The van der Waals surface area contributed by atoms with E-state index in [1.54, 1.807) is 0 Å². The predicted molar refractivity (Wildman–Crippen MR) is 94.7 cm³/mol. The molecule has 0 aromatic heterocycles. The summed E-state index contributed by atoms with van der Waals surface area (Å²) in [6.07, 6.45) is 0. The van der Waals surface area contributed by atoms with Crippen molar-refractivity contribution in [3.8, 4) is 0 Å². The Labute approximate surface area is 152 Å². The van der Waals surface area contributed by atoms with Gasteiger partial charge < -0.3 is 11.1 Å². The number of carbonyl (C=O) groups excluding carboxylic acids is 2. The molecule has 0 radical (unpaired) electrons. The molecule has 0 aromatic rings. The van der Waals surface area contributed by atoms with Crippen molar-refractivity contribution in [2.24, 2.45) is 15.8 Å². The third-order valence-electron chi connectivity index (χ3n) is 3.09. The monoisotopic (exact) mass is 404 g/mol. The van der Waals surface area contributed by atoms with E-state index in [9.17, 15) is 18.0 Å². The minimum Gasteiger partial charge on any atom is -0.378 e. The van der Waals surface area contributed by atoms with Crippen LogP contribution in [0.4, 0.5) is 0 Å². The van der Waals surface area contributed by atoms with Crippen LogP contribution in [0.1, 0.15) is 6.92 Å². The SMILES string of the molecule is C=C(/N=C(/N)SCC)C(=N)C(=O)NC1C(=O)N(S(=O)(=O)O)C1CN=[N+]=[N-]. The summed E-state index contributed by atoms with van der Waals surface area (Å²) >= 11 is 1.17. The molecule has 142 valence electrons. The van der Waals surface area contributed by atoms with Crippen LogP contribution in [-0.4, -0.2) is 64.4 Å². The van der Waals surface area contributed by atoms with Gasteiger partial charge in [-0.15, -0.1) is 0 Å². The highest BCUT2D eigenvalue weighted by Gasteiger charge is 2.53. The minimum atomic E-state index is -4.89. The van der Waals surface area contributed by atoms with Crippen molar-refractivity contribution in [3.63, 3.8) is 0 Å². The summed E-state index contributed by atoms with van der Waals surface area (Å²) in [4.78, 5) is 30.1. The number of amides is 2. The van der Waals surface area contributed by atoms with Gasteiger partial charge in [-0.25, -0.2) is 9.30 Å². The van der Waals surface area contributed by atoms with Crippen LogP contribution >= 0.6 is 11.8 Å². The van der Waals surface area contributed by atoms with Gasteiger partial charge in [0.1, 0.15) is 11.8 Å². The van der Waals surface area contributed by atoms with E-state index in [0.717, 1.165) is 0 Å². The highest BCUT2D eigenvalue weighted by molar-refractivity contribution is 8.13. The molecule has 1 fully saturated rings. The van der Waals surface area contributed by atoms with E-state index in [0.29, 0.717) is 5.75 Å². The number of aliphatic imine (C=N–C) groups is 1. The smallest absolute Gasteiger partial charge is 0.362 e. The molecule has 1 aliphatic heterocycles. The van der Waals surface area contributed by atoms with Gasteiger partial charge in [-0.1, -0.05) is 30.4 Å². The standard InChI is InChI=1S/C11H16N8O5S2/c1-3-25-11(13)16-5(2)7(12)9(20)17-8-6(4-15-18-14)19(10(8)21)26(22,23)24/h6,8,12H,2-4H2,1H3,(H2,13,16)(H,17,20)(H,22,23,24). The van der Waals surface area contributed by atoms with Gasteiger partial charge in [0.15, 0.2) is 5.17 Å². The second kappa shape index (κ2) is 8.66. The summed E-state index contributed by atoms with van der Waals surface area (Å²) < 4.78 is 31.5. The Kier molecular flexibility index (Phi) is 7.14. The van der Waals surface area contributed by atoms with Crippen LogP contribution in [0.3, 0.4) is 0 Å². The van der Waals surface area contributed by atoms with Crippen LogP contribution in [-0.2, 0) is 19.9 Å². The molecule has 2 atom stereocenters. The van der Waals surface area contributed by atoms with E-state index in [1.807, 2.05) is 6.92 Å². The Morgan fingerprint density at radius 3 is 2.73 bits per heavy atom. The van der Waals surface area contributed by atoms with Crippen molar-refractivity contribution in [1.29, 1.82) is 5.41 Å². The molecule has 1 heterocycles. The molecule has 5 N–H and O–H groups in total. The van der Waals surface area contributed by atoms with Gasteiger partial charge in [-0.3, -0.25) is 19.6 Å². The maximum atomic E-state index is 12.0. The second-order valence-corrected chi connectivity index (χ2v) is 7.32. The molecule has 15 heteroatoms. The van der Waals surface area contributed by atoms with Crippen LogP contribution in [0.2, 0.25) is 0 Å². The van der Waals surface area contributed by atoms with Crippen LogP contribution in [0, 0.1) is 5.41 Å². The molecular formula is C11H16N8O5S2. The number of carbonyl (C=O) groups is 2. The molecule has 0 aromatic carbocycles. The molecule has 0 aliphatic carbocycles. The fourth-order valence-electron chi connectivity index (χ4n) is 1.97. The molecule has 0 spiro atoms. The van der Waals surface area contributed by atoms with Gasteiger partial charge in [0.2, 0.25) is 0 Å². The van der Waals surface area contributed by atoms with Crippen molar-refractivity contribution in [2.45, 2.75) is 19.0 Å². The first-order valence-corrected chi connectivity index (χ1v) is 9.30. The molecule has 1 aliphatic rings. The largest absolute Gasteiger partial charge is 0.378 e. The molecule has 2 amide bonds. The van der Waals surface area contributed by atoms with E-state index < -0.39 is 46.5 Å². The lowest BCUT2D eigenvalue weighted by molar-refractivity contribution is -0.144. The second-order valence-electron chi connectivity index (χ2n) is 4.75. The molecule has 0 bridgehead atoms. The van der Waals surface area contributed by atoms with Gasteiger partial charge in [-0.2, -0.15) is 8.42 Å². The van der Waals surface area contributed by atoms with Crippen molar-refractivity contribution in [1.82, 2.24) is 9.62 Å². The molecule has 26 heavy (non-hydrogen) atoms.